The van der Waals surface area contributed by atoms with Gasteiger partial charge in [-0.05, 0) is 96.1 Å². The summed E-state index contributed by atoms with van der Waals surface area (Å²) in [6.07, 6.45) is 1.90. The first-order valence-electron chi connectivity index (χ1n) is 17.5. The molecule has 5 heteroatoms. The van der Waals surface area contributed by atoms with Crippen LogP contribution in [-0.2, 0) is 0 Å². The number of hydrogen-bond acceptors (Lipinski definition) is 4. The van der Waals surface area contributed by atoms with Crippen LogP contribution in [-0.4, -0.2) is 9.55 Å². The van der Waals surface area contributed by atoms with Gasteiger partial charge in [0.25, 0.3) is 0 Å². The van der Waals surface area contributed by atoms with Crippen LogP contribution >= 0.6 is 0 Å². The predicted octanol–water partition coefficient (Wildman–Crippen LogP) is 12.9. The largest absolute Gasteiger partial charge is 0.453 e. The molecule has 0 amide bonds. The fourth-order valence-corrected chi connectivity index (χ4v) is 8.05. The summed E-state index contributed by atoms with van der Waals surface area (Å²) in [6, 6.07) is 62.2. The van der Waals surface area contributed by atoms with Crippen molar-refractivity contribution in [1.29, 1.82) is 0 Å². The van der Waals surface area contributed by atoms with Gasteiger partial charge in [-0.1, -0.05) is 91.0 Å². The van der Waals surface area contributed by atoms with Gasteiger partial charge in [-0.25, -0.2) is 0 Å². The molecule has 0 aliphatic carbocycles. The van der Waals surface area contributed by atoms with Crippen molar-refractivity contribution in [3.8, 4) is 39.6 Å². The summed E-state index contributed by atoms with van der Waals surface area (Å²) in [5.74, 6) is 1.66. The van der Waals surface area contributed by atoms with Crippen LogP contribution in [0.3, 0.4) is 0 Å². The summed E-state index contributed by atoms with van der Waals surface area (Å²) >= 11 is 0. The first-order chi connectivity index (χ1) is 25.8. The number of nitrogens with zero attached hydrogens (tertiary/aromatic N) is 4. The van der Waals surface area contributed by atoms with E-state index in [1.165, 1.54) is 27.5 Å². The van der Waals surface area contributed by atoms with Crippen molar-refractivity contribution in [3.05, 3.63) is 182 Å². The van der Waals surface area contributed by atoms with Crippen molar-refractivity contribution >= 4 is 55.9 Å². The highest BCUT2D eigenvalue weighted by molar-refractivity contribution is 6.18. The van der Waals surface area contributed by atoms with Crippen LogP contribution in [0.2, 0.25) is 0 Å². The van der Waals surface area contributed by atoms with Crippen LogP contribution < -0.4 is 14.5 Å². The molecule has 0 saturated heterocycles. The molecule has 0 unspecified atom stereocenters. The van der Waals surface area contributed by atoms with E-state index < -0.39 is 0 Å². The topological polar surface area (TPSA) is 33.5 Å². The number of pyridine rings is 1. The number of ether oxygens (including phenoxy) is 1. The highest BCUT2D eigenvalue weighted by atomic mass is 16.5. The SMILES string of the molecule is c1ccc(N2c3ccccc3-n3c4ccccc4c4cc(-c5cccc(-c6cc(N7c8ccccc8Oc8ccccc87)ccn6)c5)cc2c43)cc1. The summed E-state index contributed by atoms with van der Waals surface area (Å²) in [6.45, 7) is 0. The van der Waals surface area contributed by atoms with Crippen LogP contribution in [0, 0.1) is 0 Å². The second-order valence-corrected chi connectivity index (χ2v) is 13.3. The Morgan fingerprint density at radius 1 is 0.404 bits per heavy atom. The number of aromatic nitrogens is 2. The Balaban J connectivity index is 1.08. The lowest BCUT2D eigenvalue weighted by atomic mass is 9.97. The van der Waals surface area contributed by atoms with E-state index in [-0.39, 0.29) is 0 Å². The summed E-state index contributed by atoms with van der Waals surface area (Å²) in [5, 5.41) is 2.47. The molecule has 9 aromatic rings. The molecule has 244 valence electrons. The first-order valence-corrected chi connectivity index (χ1v) is 17.5. The molecule has 0 bridgehead atoms. The molecule has 0 saturated carbocycles. The van der Waals surface area contributed by atoms with E-state index in [0.717, 1.165) is 68.0 Å². The second kappa shape index (κ2) is 11.2. The van der Waals surface area contributed by atoms with Crippen molar-refractivity contribution in [2.75, 3.05) is 9.80 Å². The van der Waals surface area contributed by atoms with E-state index in [1.807, 2.05) is 42.6 Å². The monoisotopic (exact) mass is 666 g/mol. The van der Waals surface area contributed by atoms with Crippen LogP contribution in [0.15, 0.2) is 182 Å². The number of rotatable bonds is 4. The third kappa shape index (κ3) is 4.26. The zero-order valence-electron chi connectivity index (χ0n) is 28.0. The lowest BCUT2D eigenvalue weighted by Crippen LogP contribution is -2.18. The molecule has 0 spiro atoms. The lowest BCUT2D eigenvalue weighted by molar-refractivity contribution is 0.477. The van der Waals surface area contributed by atoms with Crippen molar-refractivity contribution in [2.45, 2.75) is 0 Å². The maximum absolute atomic E-state index is 6.28. The summed E-state index contributed by atoms with van der Waals surface area (Å²) in [4.78, 5) is 9.56. The van der Waals surface area contributed by atoms with E-state index in [4.69, 9.17) is 9.72 Å². The zero-order valence-corrected chi connectivity index (χ0v) is 28.0. The average Bonchev–Trinajstić information content (AvgIpc) is 3.55. The zero-order chi connectivity index (χ0) is 34.2. The molecule has 0 atom stereocenters. The Hall–Kier alpha value is -7.11. The Labute approximate surface area is 300 Å². The van der Waals surface area contributed by atoms with Crippen LogP contribution in [0.4, 0.5) is 34.1 Å². The van der Waals surface area contributed by atoms with Gasteiger partial charge in [0.05, 0.1) is 50.9 Å². The number of fused-ring (bicyclic) bond motifs is 7. The van der Waals surface area contributed by atoms with Crippen LogP contribution in [0.25, 0.3) is 49.9 Å². The van der Waals surface area contributed by atoms with E-state index >= 15 is 0 Å². The standard InChI is InChI=1S/C47H30N4O/c1-2-15-34(16-3-1)49-40-19-6-7-20-41(40)51-39-18-5-4-17-36(39)37-28-33(29-44(49)47(37)51)31-13-12-14-32(27-31)38-30-35(25-26-48-38)50-42-21-8-10-23-45(42)52-46-24-11-9-22-43(46)50/h1-30H. The Morgan fingerprint density at radius 2 is 1.06 bits per heavy atom. The Bertz CT molecular complexity index is 2810. The van der Waals surface area contributed by atoms with Crippen molar-refractivity contribution in [1.82, 2.24) is 9.55 Å². The minimum absolute atomic E-state index is 0.828. The van der Waals surface area contributed by atoms with Gasteiger partial charge in [-0.2, -0.15) is 0 Å². The van der Waals surface area contributed by atoms with Crippen molar-refractivity contribution in [3.63, 3.8) is 0 Å². The minimum atomic E-state index is 0.828. The van der Waals surface area contributed by atoms with E-state index in [2.05, 4.69) is 154 Å². The maximum Gasteiger partial charge on any atom is 0.151 e. The van der Waals surface area contributed by atoms with Gasteiger partial charge in [0.15, 0.2) is 11.5 Å². The Morgan fingerprint density at radius 3 is 1.87 bits per heavy atom. The molecule has 5 nitrogen and oxygen atoms in total. The Kier molecular flexibility index (Phi) is 6.18. The summed E-state index contributed by atoms with van der Waals surface area (Å²) in [5.41, 5.74) is 14.3. The molecule has 0 N–H and O–H groups in total. The van der Waals surface area contributed by atoms with E-state index in [9.17, 15) is 0 Å². The van der Waals surface area contributed by atoms with Gasteiger partial charge in [-0.15, -0.1) is 0 Å². The third-order valence-electron chi connectivity index (χ3n) is 10.3. The molecule has 7 aromatic carbocycles. The smallest absolute Gasteiger partial charge is 0.151 e. The van der Waals surface area contributed by atoms with Gasteiger partial charge < -0.3 is 19.1 Å². The molecule has 52 heavy (non-hydrogen) atoms. The van der Waals surface area contributed by atoms with Gasteiger partial charge in [-0.3, -0.25) is 4.98 Å². The average molecular weight is 667 g/mol. The lowest BCUT2D eigenvalue weighted by Gasteiger charge is -2.33. The summed E-state index contributed by atoms with van der Waals surface area (Å²) < 4.78 is 8.72. The predicted molar refractivity (Wildman–Crippen MR) is 212 cm³/mol. The quantitative estimate of drug-likeness (QED) is 0.187. The molecular formula is C47H30N4O. The number of para-hydroxylation sites is 8. The van der Waals surface area contributed by atoms with Gasteiger partial charge >= 0.3 is 0 Å². The van der Waals surface area contributed by atoms with E-state index in [1.54, 1.807) is 0 Å². The molecule has 11 rings (SSSR count). The maximum atomic E-state index is 6.28. The molecule has 2 aliphatic heterocycles. The number of anilines is 6. The van der Waals surface area contributed by atoms with Crippen LogP contribution in [0.1, 0.15) is 0 Å². The number of hydrogen-bond donors (Lipinski definition) is 0. The molecule has 4 heterocycles. The van der Waals surface area contributed by atoms with Gasteiger partial charge in [0, 0.05) is 28.2 Å². The number of benzene rings is 7. The first kappa shape index (κ1) is 28.7. The fourth-order valence-electron chi connectivity index (χ4n) is 8.05. The molecule has 0 fully saturated rings. The summed E-state index contributed by atoms with van der Waals surface area (Å²) in [7, 11) is 0. The molecular weight excluding hydrogens is 637 g/mol. The highest BCUT2D eigenvalue weighted by Crippen LogP contribution is 2.52. The highest BCUT2D eigenvalue weighted by Gasteiger charge is 2.29. The fraction of sp³-hybridized carbons (Fsp3) is 0. The molecule has 0 radical (unpaired) electrons. The van der Waals surface area contributed by atoms with E-state index in [0.29, 0.717) is 0 Å². The molecule has 2 aromatic heterocycles. The molecule has 2 aliphatic rings. The third-order valence-corrected chi connectivity index (χ3v) is 10.3. The second-order valence-electron chi connectivity index (χ2n) is 13.3. The van der Waals surface area contributed by atoms with Gasteiger partial charge in [0.1, 0.15) is 0 Å². The minimum Gasteiger partial charge on any atom is -0.453 e. The van der Waals surface area contributed by atoms with Crippen LogP contribution in [0.5, 0.6) is 11.5 Å². The van der Waals surface area contributed by atoms with Crippen molar-refractivity contribution < 1.29 is 4.74 Å². The van der Waals surface area contributed by atoms with Gasteiger partial charge in [0.2, 0.25) is 0 Å². The van der Waals surface area contributed by atoms with Crippen molar-refractivity contribution in [2.24, 2.45) is 0 Å². The normalized spacial score (nSPS) is 12.7.